The number of piperidine rings is 1. The van der Waals surface area contributed by atoms with Crippen LogP contribution in [0.3, 0.4) is 0 Å². The predicted molar refractivity (Wildman–Crippen MR) is 103 cm³/mol. The number of hydrogen-bond donors (Lipinski definition) is 1. The summed E-state index contributed by atoms with van der Waals surface area (Å²) in [5.74, 6) is 0.756. The molecule has 0 spiro atoms. The maximum Gasteiger partial charge on any atom is 0.321 e. The van der Waals surface area contributed by atoms with Crippen LogP contribution in [-0.4, -0.2) is 73.6 Å². The van der Waals surface area contributed by atoms with Crippen molar-refractivity contribution >= 4 is 11.7 Å². The SMILES string of the molecule is Cc1ccc(NC(=O)N2CCN(C[C@H]3CCCN(C)C3)CC2)cc1C#N. The van der Waals surface area contributed by atoms with Crippen LogP contribution in [0.25, 0.3) is 0 Å². The number of hydrogen-bond acceptors (Lipinski definition) is 4. The molecule has 2 heterocycles. The largest absolute Gasteiger partial charge is 0.322 e. The van der Waals surface area contributed by atoms with Gasteiger partial charge in [-0.2, -0.15) is 5.26 Å². The number of nitriles is 1. The molecule has 2 amide bonds. The maximum absolute atomic E-state index is 12.5. The first-order valence-electron chi connectivity index (χ1n) is 9.52. The molecule has 1 N–H and O–H groups in total. The van der Waals surface area contributed by atoms with E-state index in [1.165, 1.54) is 25.9 Å². The van der Waals surface area contributed by atoms with E-state index in [0.717, 1.165) is 44.2 Å². The zero-order chi connectivity index (χ0) is 18.5. The third-order valence-corrected chi connectivity index (χ3v) is 5.51. The lowest BCUT2D eigenvalue weighted by Crippen LogP contribution is -2.51. The standard InChI is InChI=1S/C20H29N5O/c1-16-5-6-19(12-18(16)13-21)22-20(26)25-10-8-24(9-11-25)15-17-4-3-7-23(2)14-17/h5-6,12,17H,3-4,7-11,14-15H2,1-2H3,(H,22,26)/t17-/m0/s1. The second-order valence-electron chi connectivity index (χ2n) is 7.63. The van der Waals surface area contributed by atoms with E-state index in [-0.39, 0.29) is 6.03 Å². The predicted octanol–water partition coefficient (Wildman–Crippen LogP) is 2.36. The van der Waals surface area contributed by atoms with Crippen LogP contribution >= 0.6 is 0 Å². The summed E-state index contributed by atoms with van der Waals surface area (Å²) in [5, 5.41) is 12.1. The van der Waals surface area contributed by atoms with E-state index < -0.39 is 0 Å². The minimum absolute atomic E-state index is 0.0743. The van der Waals surface area contributed by atoms with Gasteiger partial charge in [0.25, 0.3) is 0 Å². The highest BCUT2D eigenvalue weighted by Crippen LogP contribution is 2.18. The fourth-order valence-electron chi connectivity index (χ4n) is 3.94. The number of piperazine rings is 1. The van der Waals surface area contributed by atoms with E-state index in [2.05, 4.69) is 28.2 Å². The molecule has 0 aromatic heterocycles. The Morgan fingerprint density at radius 1 is 1.27 bits per heavy atom. The molecular formula is C20H29N5O. The number of urea groups is 1. The van der Waals surface area contributed by atoms with Gasteiger partial charge in [-0.15, -0.1) is 0 Å². The van der Waals surface area contributed by atoms with Crippen LogP contribution in [0.1, 0.15) is 24.0 Å². The van der Waals surface area contributed by atoms with Gasteiger partial charge in [0.1, 0.15) is 0 Å². The monoisotopic (exact) mass is 355 g/mol. The average molecular weight is 355 g/mol. The number of amides is 2. The summed E-state index contributed by atoms with van der Waals surface area (Å²) in [5.41, 5.74) is 2.21. The number of rotatable bonds is 3. The van der Waals surface area contributed by atoms with E-state index >= 15 is 0 Å². The Kier molecular flexibility index (Phi) is 6.12. The van der Waals surface area contributed by atoms with E-state index in [0.29, 0.717) is 11.3 Å². The van der Waals surface area contributed by atoms with Crippen molar-refractivity contribution < 1.29 is 4.79 Å². The van der Waals surface area contributed by atoms with Crippen LogP contribution in [0.2, 0.25) is 0 Å². The Morgan fingerprint density at radius 2 is 2.04 bits per heavy atom. The molecule has 2 saturated heterocycles. The molecule has 6 heteroatoms. The minimum atomic E-state index is -0.0743. The Balaban J connectivity index is 1.47. The first-order chi connectivity index (χ1) is 12.5. The molecule has 0 unspecified atom stereocenters. The zero-order valence-electron chi connectivity index (χ0n) is 15.9. The van der Waals surface area contributed by atoms with Crippen molar-refractivity contribution in [3.63, 3.8) is 0 Å². The zero-order valence-corrected chi connectivity index (χ0v) is 15.9. The first kappa shape index (κ1) is 18.7. The second kappa shape index (κ2) is 8.52. The maximum atomic E-state index is 12.5. The van der Waals surface area contributed by atoms with E-state index in [1.54, 1.807) is 6.07 Å². The van der Waals surface area contributed by atoms with Crippen molar-refractivity contribution in [1.82, 2.24) is 14.7 Å². The van der Waals surface area contributed by atoms with Gasteiger partial charge in [0.05, 0.1) is 11.6 Å². The van der Waals surface area contributed by atoms with E-state index in [1.807, 2.05) is 24.0 Å². The lowest BCUT2D eigenvalue weighted by molar-refractivity contribution is 0.109. The number of carbonyl (C=O) groups excluding carboxylic acids is 1. The summed E-state index contributed by atoms with van der Waals surface area (Å²) < 4.78 is 0. The number of aryl methyl sites for hydroxylation is 1. The lowest BCUT2D eigenvalue weighted by atomic mass is 9.97. The number of carbonyl (C=O) groups is 1. The molecule has 3 rings (SSSR count). The number of nitrogens with zero attached hydrogens (tertiary/aromatic N) is 4. The summed E-state index contributed by atoms with van der Waals surface area (Å²) in [4.78, 5) is 19.3. The van der Waals surface area contributed by atoms with Crippen LogP contribution in [0, 0.1) is 24.2 Å². The van der Waals surface area contributed by atoms with Gasteiger partial charge in [0, 0.05) is 45.0 Å². The fourth-order valence-corrected chi connectivity index (χ4v) is 3.94. The van der Waals surface area contributed by atoms with Crippen molar-refractivity contribution in [1.29, 1.82) is 5.26 Å². The van der Waals surface area contributed by atoms with Crippen molar-refractivity contribution in [3.8, 4) is 6.07 Å². The summed E-state index contributed by atoms with van der Waals surface area (Å²) in [6.45, 7) is 8.83. The van der Waals surface area contributed by atoms with Gasteiger partial charge in [0.15, 0.2) is 0 Å². The Morgan fingerprint density at radius 3 is 2.73 bits per heavy atom. The Labute approximate surface area is 156 Å². The molecular weight excluding hydrogens is 326 g/mol. The van der Waals surface area contributed by atoms with Crippen molar-refractivity contribution in [2.24, 2.45) is 5.92 Å². The van der Waals surface area contributed by atoms with Crippen molar-refractivity contribution in [2.45, 2.75) is 19.8 Å². The van der Waals surface area contributed by atoms with E-state index in [4.69, 9.17) is 5.26 Å². The van der Waals surface area contributed by atoms with Gasteiger partial charge in [-0.3, -0.25) is 4.90 Å². The van der Waals surface area contributed by atoms with Crippen molar-refractivity contribution in [2.75, 3.05) is 58.2 Å². The molecule has 0 aliphatic carbocycles. The molecule has 1 aromatic carbocycles. The smallest absolute Gasteiger partial charge is 0.321 e. The molecule has 2 aliphatic heterocycles. The third kappa shape index (κ3) is 4.75. The summed E-state index contributed by atoms with van der Waals surface area (Å²) in [6, 6.07) is 7.55. The number of likely N-dealkylation sites (tertiary alicyclic amines) is 1. The molecule has 0 radical (unpaired) electrons. The Bertz CT molecular complexity index is 675. The lowest BCUT2D eigenvalue weighted by Gasteiger charge is -2.38. The van der Waals surface area contributed by atoms with Crippen LogP contribution < -0.4 is 5.32 Å². The number of benzene rings is 1. The van der Waals surface area contributed by atoms with Gasteiger partial charge < -0.3 is 15.1 Å². The molecule has 0 saturated carbocycles. The minimum Gasteiger partial charge on any atom is -0.322 e. The molecule has 1 atom stereocenters. The molecule has 0 bridgehead atoms. The molecule has 6 nitrogen and oxygen atoms in total. The average Bonchev–Trinajstić information content (AvgIpc) is 2.64. The molecule has 2 aliphatic rings. The molecule has 140 valence electrons. The molecule has 2 fully saturated rings. The third-order valence-electron chi connectivity index (χ3n) is 5.51. The molecule has 26 heavy (non-hydrogen) atoms. The second-order valence-corrected chi connectivity index (χ2v) is 7.63. The number of anilines is 1. The highest BCUT2D eigenvalue weighted by molar-refractivity contribution is 5.89. The van der Waals surface area contributed by atoms with E-state index in [9.17, 15) is 4.79 Å². The quantitative estimate of drug-likeness (QED) is 0.904. The number of nitrogens with one attached hydrogen (secondary N) is 1. The van der Waals surface area contributed by atoms with Gasteiger partial charge >= 0.3 is 6.03 Å². The fraction of sp³-hybridized carbons (Fsp3) is 0.600. The van der Waals surface area contributed by atoms with Crippen LogP contribution in [0.15, 0.2) is 18.2 Å². The highest BCUT2D eigenvalue weighted by Gasteiger charge is 2.25. The van der Waals surface area contributed by atoms with Gasteiger partial charge in [-0.25, -0.2) is 4.79 Å². The van der Waals surface area contributed by atoms with Gasteiger partial charge in [-0.1, -0.05) is 6.07 Å². The Hall–Kier alpha value is -2.10. The first-order valence-corrected chi connectivity index (χ1v) is 9.52. The van der Waals surface area contributed by atoms with Crippen LogP contribution in [0.5, 0.6) is 0 Å². The summed E-state index contributed by atoms with van der Waals surface area (Å²) >= 11 is 0. The van der Waals surface area contributed by atoms with Crippen LogP contribution in [-0.2, 0) is 0 Å². The normalized spacial score (nSPS) is 22.0. The van der Waals surface area contributed by atoms with Gasteiger partial charge in [-0.05, 0) is 57.0 Å². The van der Waals surface area contributed by atoms with Gasteiger partial charge in [0.2, 0.25) is 0 Å². The summed E-state index contributed by atoms with van der Waals surface area (Å²) in [7, 11) is 2.21. The van der Waals surface area contributed by atoms with Crippen molar-refractivity contribution in [3.05, 3.63) is 29.3 Å². The van der Waals surface area contributed by atoms with Crippen LogP contribution in [0.4, 0.5) is 10.5 Å². The molecule has 1 aromatic rings. The topological polar surface area (TPSA) is 62.6 Å². The highest BCUT2D eigenvalue weighted by atomic mass is 16.2. The summed E-state index contributed by atoms with van der Waals surface area (Å²) in [6.07, 6.45) is 2.62.